The van der Waals surface area contributed by atoms with E-state index >= 15 is 0 Å². The van der Waals surface area contributed by atoms with Crippen LogP contribution in [0.15, 0.2) is 0 Å². The van der Waals surface area contributed by atoms with E-state index in [0.717, 1.165) is 31.7 Å². The van der Waals surface area contributed by atoms with Gasteiger partial charge in [-0.1, -0.05) is 20.8 Å². The molecule has 1 aliphatic rings. The number of amides is 1. The van der Waals surface area contributed by atoms with Gasteiger partial charge < -0.3 is 10.6 Å². The third-order valence-corrected chi connectivity index (χ3v) is 3.46. The van der Waals surface area contributed by atoms with E-state index in [0.29, 0.717) is 12.0 Å². The van der Waals surface area contributed by atoms with Gasteiger partial charge >= 0.3 is 0 Å². The molecule has 1 heterocycles. The van der Waals surface area contributed by atoms with Gasteiger partial charge in [0.15, 0.2) is 0 Å². The van der Waals surface area contributed by atoms with Gasteiger partial charge in [-0.25, -0.2) is 0 Å². The summed E-state index contributed by atoms with van der Waals surface area (Å²) in [5, 5.41) is 0. The van der Waals surface area contributed by atoms with E-state index in [2.05, 4.69) is 27.7 Å². The van der Waals surface area contributed by atoms with Crippen molar-refractivity contribution < 1.29 is 4.79 Å². The summed E-state index contributed by atoms with van der Waals surface area (Å²) in [6, 6.07) is 0.0466. The van der Waals surface area contributed by atoms with Crippen LogP contribution in [0.25, 0.3) is 0 Å². The molecule has 2 N–H and O–H groups in total. The van der Waals surface area contributed by atoms with Gasteiger partial charge in [0, 0.05) is 12.6 Å². The molecule has 94 valence electrons. The summed E-state index contributed by atoms with van der Waals surface area (Å²) in [6.45, 7) is 9.48. The predicted octanol–water partition coefficient (Wildman–Crippen LogP) is 2.01. The Morgan fingerprint density at radius 1 is 1.44 bits per heavy atom. The maximum atomic E-state index is 12.2. The zero-order valence-electron chi connectivity index (χ0n) is 11.1. The van der Waals surface area contributed by atoms with Crippen molar-refractivity contribution in [2.45, 2.75) is 59.0 Å². The second-order valence-electron chi connectivity index (χ2n) is 5.75. The lowest BCUT2D eigenvalue weighted by atomic mass is 9.92. The molecule has 1 amide bonds. The molecule has 3 unspecified atom stereocenters. The van der Waals surface area contributed by atoms with E-state index in [9.17, 15) is 4.79 Å². The molecule has 1 fully saturated rings. The minimum Gasteiger partial charge on any atom is -0.339 e. The minimum atomic E-state index is -0.309. The Hall–Kier alpha value is -0.570. The number of nitrogens with zero attached hydrogens (tertiary/aromatic N) is 1. The summed E-state index contributed by atoms with van der Waals surface area (Å²) < 4.78 is 0. The number of rotatable bonds is 3. The Morgan fingerprint density at radius 2 is 2.06 bits per heavy atom. The number of hydrogen-bond donors (Lipinski definition) is 1. The van der Waals surface area contributed by atoms with Crippen LogP contribution in [0.1, 0.15) is 47.0 Å². The van der Waals surface area contributed by atoms with Crippen LogP contribution in [0.5, 0.6) is 0 Å². The summed E-state index contributed by atoms with van der Waals surface area (Å²) in [4.78, 5) is 14.1. The fraction of sp³-hybridized carbons (Fsp3) is 0.923. The highest BCUT2D eigenvalue weighted by atomic mass is 16.2. The molecule has 3 atom stereocenters. The highest BCUT2D eigenvalue weighted by Gasteiger charge is 2.29. The molecule has 0 spiro atoms. The molecule has 0 aromatic rings. The van der Waals surface area contributed by atoms with Gasteiger partial charge in [0.25, 0.3) is 0 Å². The quantitative estimate of drug-likeness (QED) is 0.800. The van der Waals surface area contributed by atoms with Crippen LogP contribution in [0.2, 0.25) is 0 Å². The van der Waals surface area contributed by atoms with Crippen LogP contribution in [0.3, 0.4) is 0 Å². The summed E-state index contributed by atoms with van der Waals surface area (Å²) in [7, 11) is 0. The monoisotopic (exact) mass is 226 g/mol. The van der Waals surface area contributed by atoms with E-state index in [1.807, 2.05) is 4.90 Å². The van der Waals surface area contributed by atoms with Crippen molar-refractivity contribution >= 4 is 5.91 Å². The van der Waals surface area contributed by atoms with E-state index in [1.165, 1.54) is 0 Å². The number of carbonyl (C=O) groups excluding carboxylic acids is 1. The highest BCUT2D eigenvalue weighted by molar-refractivity contribution is 5.82. The minimum absolute atomic E-state index is 0.146. The van der Waals surface area contributed by atoms with Crippen LogP contribution >= 0.6 is 0 Å². The Balaban J connectivity index is 2.53. The molecule has 0 aliphatic carbocycles. The molecule has 3 heteroatoms. The smallest absolute Gasteiger partial charge is 0.239 e. The lowest BCUT2D eigenvalue weighted by molar-refractivity contribution is -0.136. The Kier molecular flexibility index (Phi) is 4.78. The molecule has 0 bridgehead atoms. The van der Waals surface area contributed by atoms with Crippen molar-refractivity contribution in [2.75, 3.05) is 6.54 Å². The molecular formula is C13H26N2O. The summed E-state index contributed by atoms with van der Waals surface area (Å²) in [5.74, 6) is 1.37. The molecule has 16 heavy (non-hydrogen) atoms. The van der Waals surface area contributed by atoms with Crippen molar-refractivity contribution in [1.29, 1.82) is 0 Å². The fourth-order valence-electron chi connectivity index (χ4n) is 2.56. The first kappa shape index (κ1) is 13.5. The fourth-order valence-corrected chi connectivity index (χ4v) is 2.56. The first-order chi connectivity index (χ1) is 7.41. The van der Waals surface area contributed by atoms with Gasteiger partial charge in [0.2, 0.25) is 5.91 Å². The summed E-state index contributed by atoms with van der Waals surface area (Å²) in [5.41, 5.74) is 5.95. The summed E-state index contributed by atoms with van der Waals surface area (Å²) in [6.07, 6.45) is 3.02. The van der Waals surface area contributed by atoms with Gasteiger partial charge in [-0.05, 0) is 38.0 Å². The van der Waals surface area contributed by atoms with Crippen molar-refractivity contribution in [1.82, 2.24) is 4.90 Å². The second-order valence-corrected chi connectivity index (χ2v) is 5.75. The second kappa shape index (κ2) is 5.67. The first-order valence-corrected chi connectivity index (χ1v) is 6.47. The lowest BCUT2D eigenvalue weighted by Gasteiger charge is -2.38. The Bertz CT molecular complexity index is 240. The molecule has 1 aliphatic heterocycles. The molecule has 0 radical (unpaired) electrons. The molecule has 1 rings (SSSR count). The lowest BCUT2D eigenvalue weighted by Crippen LogP contribution is -2.51. The highest BCUT2D eigenvalue weighted by Crippen LogP contribution is 2.23. The topological polar surface area (TPSA) is 46.3 Å². The average molecular weight is 226 g/mol. The van der Waals surface area contributed by atoms with Gasteiger partial charge in [-0.2, -0.15) is 0 Å². The van der Waals surface area contributed by atoms with Crippen LogP contribution in [0.4, 0.5) is 0 Å². The van der Waals surface area contributed by atoms with Gasteiger partial charge in [-0.15, -0.1) is 0 Å². The average Bonchev–Trinajstić information content (AvgIpc) is 2.15. The molecule has 3 nitrogen and oxygen atoms in total. The Labute approximate surface area is 99.4 Å². The number of nitrogens with two attached hydrogens (primary N) is 1. The third-order valence-electron chi connectivity index (χ3n) is 3.46. The molecule has 1 saturated heterocycles. The number of hydrogen-bond acceptors (Lipinski definition) is 2. The van der Waals surface area contributed by atoms with Crippen molar-refractivity contribution in [3.63, 3.8) is 0 Å². The largest absolute Gasteiger partial charge is 0.339 e. The molecule has 0 saturated carbocycles. The zero-order valence-corrected chi connectivity index (χ0v) is 11.1. The van der Waals surface area contributed by atoms with Crippen LogP contribution in [0, 0.1) is 11.8 Å². The van der Waals surface area contributed by atoms with Crippen molar-refractivity contribution in [3.8, 4) is 0 Å². The molecule has 0 aromatic heterocycles. The maximum Gasteiger partial charge on any atom is 0.239 e. The van der Waals surface area contributed by atoms with Crippen molar-refractivity contribution in [2.24, 2.45) is 17.6 Å². The van der Waals surface area contributed by atoms with Gasteiger partial charge in [0.05, 0.1) is 6.04 Å². The van der Waals surface area contributed by atoms with Crippen LogP contribution in [-0.2, 0) is 4.79 Å². The number of piperidine rings is 1. The SMILES string of the molecule is CC(C)CC(N)C(=O)N1CCC(C)CC1C. The van der Waals surface area contributed by atoms with E-state index in [1.54, 1.807) is 0 Å². The standard InChI is InChI=1S/C13H26N2O/c1-9(2)7-12(14)13(16)15-6-5-10(3)8-11(15)4/h9-12H,5-8,14H2,1-4H3. The normalized spacial score (nSPS) is 28.2. The molecular weight excluding hydrogens is 200 g/mol. The zero-order chi connectivity index (χ0) is 12.3. The van der Waals surface area contributed by atoms with Gasteiger partial charge in [-0.3, -0.25) is 4.79 Å². The van der Waals surface area contributed by atoms with Crippen LogP contribution < -0.4 is 5.73 Å². The van der Waals surface area contributed by atoms with Crippen LogP contribution in [-0.4, -0.2) is 29.4 Å². The first-order valence-electron chi connectivity index (χ1n) is 6.47. The van der Waals surface area contributed by atoms with E-state index in [4.69, 9.17) is 5.73 Å². The number of carbonyl (C=O) groups is 1. The maximum absolute atomic E-state index is 12.2. The summed E-state index contributed by atoms with van der Waals surface area (Å²) >= 11 is 0. The molecule has 0 aromatic carbocycles. The van der Waals surface area contributed by atoms with Crippen molar-refractivity contribution in [3.05, 3.63) is 0 Å². The predicted molar refractivity (Wildman–Crippen MR) is 67.0 cm³/mol. The van der Waals surface area contributed by atoms with E-state index in [-0.39, 0.29) is 11.9 Å². The number of likely N-dealkylation sites (tertiary alicyclic amines) is 1. The van der Waals surface area contributed by atoms with Gasteiger partial charge in [0.1, 0.15) is 0 Å². The third kappa shape index (κ3) is 3.48. The van der Waals surface area contributed by atoms with E-state index < -0.39 is 0 Å². The Morgan fingerprint density at radius 3 is 2.56 bits per heavy atom.